The van der Waals surface area contributed by atoms with E-state index < -0.39 is 7.14 Å². The molecule has 0 aliphatic heterocycles. The highest BCUT2D eigenvalue weighted by molar-refractivity contribution is 7.70. The Morgan fingerprint density at radius 1 is 0.475 bits per heavy atom. The Bertz CT molecular complexity index is 3070. The van der Waals surface area contributed by atoms with Gasteiger partial charge in [0, 0.05) is 27.4 Å². The van der Waals surface area contributed by atoms with Crippen molar-refractivity contribution in [2.45, 2.75) is 31.1 Å². The Morgan fingerprint density at radius 2 is 0.918 bits per heavy atom. The number of hydrogen-bond donors (Lipinski definition) is 0. The number of nitrogens with zero attached hydrogens (tertiary/aromatic N) is 3. The van der Waals surface area contributed by atoms with Gasteiger partial charge in [0.25, 0.3) is 0 Å². The molecule has 0 N–H and O–H groups in total. The fourth-order valence-electron chi connectivity index (χ4n) is 10.5. The van der Waals surface area contributed by atoms with Crippen LogP contribution in [0.2, 0.25) is 0 Å². The highest BCUT2D eigenvalue weighted by Crippen LogP contribution is 2.60. The lowest BCUT2D eigenvalue weighted by atomic mass is 9.64. The average Bonchev–Trinajstić information content (AvgIpc) is 3.94. The van der Waals surface area contributed by atoms with Crippen LogP contribution in [0.3, 0.4) is 0 Å². The number of hydrogen-bond acceptors (Lipinski definition) is 4. The van der Waals surface area contributed by atoms with Crippen LogP contribution in [0.25, 0.3) is 78.0 Å². The third-order valence-electron chi connectivity index (χ3n) is 13.6. The standard InChI is InChI=1S/C56H46N3OP/c1-61(2,60)49-32-25-41(26-33-49)40-21-28-46(29-22-40)56(36-37-16-27-48(56)34-37)47-30-23-43(24-31-47)54-57-53(42-19-17-39(18-20-42)38-10-4-3-5-11-38)58-55(59-54)52-50-14-8-6-12-44(50)35-45-13-7-9-15-51(45)52/h3-15,17-26,28-33,35,37,48H,16,27,34,36H2,1-2H3. The minimum atomic E-state index is -2.30. The van der Waals surface area contributed by atoms with Crippen molar-refractivity contribution in [2.75, 3.05) is 13.3 Å². The first-order chi connectivity index (χ1) is 29.8. The van der Waals surface area contributed by atoms with Crippen LogP contribution < -0.4 is 5.30 Å². The van der Waals surface area contributed by atoms with Crippen LogP contribution in [0.15, 0.2) is 182 Å². The first kappa shape index (κ1) is 37.5. The lowest BCUT2D eigenvalue weighted by molar-refractivity contribution is 0.320. The normalized spacial score (nSPS) is 18.5. The van der Waals surface area contributed by atoms with Crippen molar-refractivity contribution in [1.82, 2.24) is 15.0 Å². The maximum absolute atomic E-state index is 12.7. The van der Waals surface area contributed by atoms with E-state index >= 15 is 0 Å². The van der Waals surface area contributed by atoms with E-state index in [1.165, 1.54) is 47.9 Å². The molecule has 0 amide bonds. The molecule has 11 rings (SSSR count). The second-order valence-corrected chi connectivity index (χ2v) is 20.8. The molecule has 61 heavy (non-hydrogen) atoms. The molecule has 3 unspecified atom stereocenters. The van der Waals surface area contributed by atoms with Gasteiger partial charge in [0.1, 0.15) is 7.14 Å². The third kappa shape index (κ3) is 6.71. The van der Waals surface area contributed by atoms with Crippen LogP contribution in [-0.4, -0.2) is 28.3 Å². The van der Waals surface area contributed by atoms with Gasteiger partial charge in [-0.05, 0) is 105 Å². The molecule has 4 nitrogen and oxygen atoms in total. The molecule has 2 bridgehead atoms. The summed E-state index contributed by atoms with van der Waals surface area (Å²) in [4.78, 5) is 15.8. The summed E-state index contributed by atoms with van der Waals surface area (Å²) >= 11 is 0. The van der Waals surface area contributed by atoms with Crippen molar-refractivity contribution in [3.63, 3.8) is 0 Å². The Hall–Kier alpha value is -6.48. The van der Waals surface area contributed by atoms with Crippen molar-refractivity contribution in [3.05, 3.63) is 193 Å². The third-order valence-corrected chi connectivity index (χ3v) is 15.2. The molecule has 1 aromatic heterocycles. The molecular weight excluding hydrogens is 762 g/mol. The Labute approximate surface area is 357 Å². The maximum Gasteiger partial charge on any atom is 0.165 e. The molecule has 2 aliphatic rings. The molecule has 9 aromatic rings. The summed E-state index contributed by atoms with van der Waals surface area (Å²) in [5, 5.41) is 5.47. The van der Waals surface area contributed by atoms with E-state index in [9.17, 15) is 4.57 Å². The lowest BCUT2D eigenvalue weighted by Gasteiger charge is -2.39. The zero-order valence-electron chi connectivity index (χ0n) is 34.5. The number of benzene rings is 8. The van der Waals surface area contributed by atoms with Crippen LogP contribution >= 0.6 is 7.14 Å². The van der Waals surface area contributed by atoms with Crippen LogP contribution in [0, 0.1) is 11.8 Å². The van der Waals surface area contributed by atoms with Crippen molar-refractivity contribution in [1.29, 1.82) is 0 Å². The summed E-state index contributed by atoms with van der Waals surface area (Å²) < 4.78 is 12.7. The quantitative estimate of drug-likeness (QED) is 0.113. The molecule has 2 aliphatic carbocycles. The topological polar surface area (TPSA) is 55.7 Å². The van der Waals surface area contributed by atoms with Crippen LogP contribution in [0.1, 0.15) is 36.8 Å². The zero-order valence-corrected chi connectivity index (χ0v) is 35.4. The minimum absolute atomic E-state index is 0.0430. The predicted molar refractivity (Wildman–Crippen MR) is 254 cm³/mol. The number of rotatable bonds is 8. The van der Waals surface area contributed by atoms with E-state index in [1.54, 1.807) is 0 Å². The number of aromatic nitrogens is 3. The molecule has 0 spiro atoms. The van der Waals surface area contributed by atoms with E-state index in [2.05, 4.69) is 164 Å². The van der Waals surface area contributed by atoms with E-state index in [4.69, 9.17) is 15.0 Å². The fourth-order valence-corrected chi connectivity index (χ4v) is 11.4. The number of fused-ring (bicyclic) bond motifs is 4. The van der Waals surface area contributed by atoms with Gasteiger partial charge in [-0.25, -0.2) is 15.0 Å². The van der Waals surface area contributed by atoms with E-state index in [0.29, 0.717) is 23.4 Å². The SMILES string of the molecule is CP(C)(=O)c1ccc(-c2ccc(C3(c4ccc(-c5nc(-c6ccc(-c7ccccc7)cc6)nc(-c6c7ccccc7cc7ccccc67)n5)cc4)CC4CCC3C4)cc2)cc1. The van der Waals surface area contributed by atoms with Gasteiger partial charge in [0.05, 0.1) is 0 Å². The van der Waals surface area contributed by atoms with Gasteiger partial charge in [-0.15, -0.1) is 0 Å². The summed E-state index contributed by atoms with van der Waals surface area (Å²) in [7, 11) is -2.30. The van der Waals surface area contributed by atoms with Gasteiger partial charge in [0.15, 0.2) is 17.5 Å². The van der Waals surface area contributed by atoms with Crippen LogP contribution in [0.4, 0.5) is 0 Å². The Balaban J connectivity index is 1.01. The summed E-state index contributed by atoms with van der Waals surface area (Å²) in [6.45, 7) is 3.66. The van der Waals surface area contributed by atoms with Gasteiger partial charge in [0.2, 0.25) is 0 Å². The summed E-state index contributed by atoms with van der Waals surface area (Å²) in [5.74, 6) is 3.33. The monoisotopic (exact) mass is 807 g/mol. The van der Waals surface area contributed by atoms with Crippen molar-refractivity contribution < 1.29 is 4.57 Å². The van der Waals surface area contributed by atoms with Crippen molar-refractivity contribution >= 4 is 34.0 Å². The summed E-state index contributed by atoms with van der Waals surface area (Å²) in [6.07, 6.45) is 5.02. The fraction of sp³-hybridized carbons (Fsp3) is 0.161. The minimum Gasteiger partial charge on any atom is -0.319 e. The molecule has 5 heteroatoms. The largest absolute Gasteiger partial charge is 0.319 e. The Kier molecular flexibility index (Phi) is 9.17. The molecular formula is C56H46N3OP. The van der Waals surface area contributed by atoms with Gasteiger partial charge >= 0.3 is 0 Å². The molecule has 3 atom stereocenters. The highest BCUT2D eigenvalue weighted by atomic mass is 31.2. The second kappa shape index (κ2) is 14.9. The average molecular weight is 808 g/mol. The first-order valence-corrected chi connectivity index (χ1v) is 24.1. The van der Waals surface area contributed by atoms with Gasteiger partial charge in [-0.2, -0.15) is 0 Å². The van der Waals surface area contributed by atoms with Crippen LogP contribution in [-0.2, 0) is 9.98 Å². The molecule has 2 fully saturated rings. The lowest BCUT2D eigenvalue weighted by Crippen LogP contribution is -2.34. The van der Waals surface area contributed by atoms with E-state index in [-0.39, 0.29) is 5.41 Å². The summed E-state index contributed by atoms with van der Waals surface area (Å²) in [6, 6.07) is 65.1. The van der Waals surface area contributed by atoms with Crippen molar-refractivity contribution in [2.24, 2.45) is 11.8 Å². The molecule has 1 heterocycles. The highest BCUT2D eigenvalue weighted by Gasteiger charge is 2.52. The van der Waals surface area contributed by atoms with Crippen molar-refractivity contribution in [3.8, 4) is 56.4 Å². The molecule has 2 saturated carbocycles. The van der Waals surface area contributed by atoms with Crippen LogP contribution in [0.5, 0.6) is 0 Å². The maximum atomic E-state index is 12.7. The smallest absolute Gasteiger partial charge is 0.165 e. The molecule has 8 aromatic carbocycles. The predicted octanol–water partition coefficient (Wildman–Crippen LogP) is 13.9. The van der Waals surface area contributed by atoms with Gasteiger partial charge < -0.3 is 4.57 Å². The summed E-state index contributed by atoms with van der Waals surface area (Å²) in [5.41, 5.74) is 10.3. The van der Waals surface area contributed by atoms with Gasteiger partial charge in [-0.3, -0.25) is 0 Å². The van der Waals surface area contributed by atoms with E-state index in [0.717, 1.165) is 60.6 Å². The first-order valence-electron chi connectivity index (χ1n) is 21.5. The molecule has 0 saturated heterocycles. The Morgan fingerprint density at radius 3 is 1.43 bits per heavy atom. The second-order valence-electron chi connectivity index (χ2n) is 17.5. The zero-order chi connectivity index (χ0) is 41.1. The van der Waals surface area contributed by atoms with E-state index in [1.807, 2.05) is 31.5 Å². The van der Waals surface area contributed by atoms with Gasteiger partial charge in [-0.1, -0.05) is 182 Å². The molecule has 296 valence electrons. The molecule has 0 radical (unpaired) electrons.